The summed E-state index contributed by atoms with van der Waals surface area (Å²) in [7, 11) is -0.737. The maximum absolute atomic E-state index is 10.9. The molecule has 1 aromatic rings. The number of anilines is 2. The summed E-state index contributed by atoms with van der Waals surface area (Å²) in [5.41, 5.74) is 5.71. The Kier molecular flexibility index (Phi) is 5.34. The molecule has 1 atom stereocenters. The van der Waals surface area contributed by atoms with Gasteiger partial charge < -0.3 is 11.1 Å². The number of aromatic nitrogens is 2. The van der Waals surface area contributed by atoms with E-state index in [1.165, 1.54) is 0 Å². The Bertz CT molecular complexity index is 395. The van der Waals surface area contributed by atoms with Gasteiger partial charge in [0.05, 0.1) is 0 Å². The molecule has 0 aliphatic heterocycles. The topological polar surface area (TPSA) is 80.9 Å². The first kappa shape index (κ1) is 13.9. The molecule has 17 heavy (non-hydrogen) atoms. The fourth-order valence-electron chi connectivity index (χ4n) is 1.33. The summed E-state index contributed by atoms with van der Waals surface area (Å²) in [5, 5.41) is 3.17. The van der Waals surface area contributed by atoms with E-state index in [0.717, 1.165) is 24.6 Å². The van der Waals surface area contributed by atoms with E-state index < -0.39 is 10.8 Å². The molecule has 0 saturated carbocycles. The second-order valence-corrected chi connectivity index (χ2v) is 5.80. The molecule has 6 heteroatoms. The number of rotatable bonds is 6. The lowest BCUT2D eigenvalue weighted by Crippen LogP contribution is -2.10. The summed E-state index contributed by atoms with van der Waals surface area (Å²) < 4.78 is 10.9. The van der Waals surface area contributed by atoms with E-state index in [1.54, 1.807) is 12.3 Å². The van der Waals surface area contributed by atoms with Crippen molar-refractivity contribution in [1.82, 2.24) is 9.97 Å². The minimum absolute atomic E-state index is 0.252. The van der Waals surface area contributed by atoms with Gasteiger partial charge >= 0.3 is 0 Å². The molecule has 0 aliphatic rings. The van der Waals surface area contributed by atoms with Crippen molar-refractivity contribution in [3.8, 4) is 0 Å². The van der Waals surface area contributed by atoms with E-state index in [9.17, 15) is 4.21 Å². The van der Waals surface area contributed by atoms with E-state index in [-0.39, 0.29) is 5.92 Å². The molecule has 96 valence electrons. The standard InChI is InChI=1S/C11H20N4OS/c1-8(2)11-14-9(12)7-10(15-11)13-5-4-6-17(3)16/h7-8H,4-6H2,1-3H3,(H3,12,13,14,15). The quantitative estimate of drug-likeness (QED) is 0.751. The molecule has 0 fully saturated rings. The van der Waals surface area contributed by atoms with Crippen molar-refractivity contribution in [2.24, 2.45) is 0 Å². The first-order valence-corrected chi connectivity index (χ1v) is 7.40. The van der Waals surface area contributed by atoms with Gasteiger partial charge in [-0.25, -0.2) is 9.97 Å². The monoisotopic (exact) mass is 256 g/mol. The largest absolute Gasteiger partial charge is 0.384 e. The molecule has 0 spiro atoms. The van der Waals surface area contributed by atoms with Crippen molar-refractivity contribution in [2.75, 3.05) is 29.6 Å². The Hall–Kier alpha value is -1.17. The van der Waals surface area contributed by atoms with Crippen molar-refractivity contribution in [2.45, 2.75) is 26.2 Å². The molecule has 0 bridgehead atoms. The Morgan fingerprint density at radius 3 is 2.76 bits per heavy atom. The van der Waals surface area contributed by atoms with E-state index in [0.29, 0.717) is 11.6 Å². The van der Waals surface area contributed by atoms with Crippen LogP contribution in [0.4, 0.5) is 11.6 Å². The molecule has 1 aromatic heterocycles. The van der Waals surface area contributed by atoms with E-state index >= 15 is 0 Å². The van der Waals surface area contributed by atoms with Gasteiger partial charge in [-0.05, 0) is 6.42 Å². The van der Waals surface area contributed by atoms with E-state index in [1.807, 2.05) is 13.8 Å². The fraction of sp³-hybridized carbons (Fsp3) is 0.636. The van der Waals surface area contributed by atoms with Gasteiger partial charge in [0, 0.05) is 41.3 Å². The highest BCUT2D eigenvalue weighted by Crippen LogP contribution is 2.14. The molecule has 3 N–H and O–H groups in total. The molecule has 0 amide bonds. The molecule has 1 rings (SSSR count). The summed E-state index contributed by atoms with van der Waals surface area (Å²) in [6, 6.07) is 1.72. The van der Waals surface area contributed by atoms with Crippen LogP contribution in [-0.2, 0) is 10.8 Å². The maximum Gasteiger partial charge on any atom is 0.135 e. The number of nitrogens with zero attached hydrogens (tertiary/aromatic N) is 2. The van der Waals surface area contributed by atoms with Crippen LogP contribution in [-0.4, -0.2) is 32.7 Å². The molecule has 0 aliphatic carbocycles. The van der Waals surface area contributed by atoms with Crippen LogP contribution < -0.4 is 11.1 Å². The Morgan fingerprint density at radius 1 is 1.47 bits per heavy atom. The summed E-state index contributed by atoms with van der Waals surface area (Å²) in [6.07, 6.45) is 2.56. The lowest BCUT2D eigenvalue weighted by atomic mass is 10.2. The van der Waals surface area contributed by atoms with Gasteiger partial charge in [0.2, 0.25) is 0 Å². The van der Waals surface area contributed by atoms with Crippen LogP contribution in [0.3, 0.4) is 0 Å². The zero-order valence-corrected chi connectivity index (χ0v) is 11.4. The Morgan fingerprint density at radius 2 is 2.18 bits per heavy atom. The molecule has 5 nitrogen and oxygen atoms in total. The lowest BCUT2D eigenvalue weighted by Gasteiger charge is -2.09. The van der Waals surface area contributed by atoms with Crippen molar-refractivity contribution < 1.29 is 4.21 Å². The average molecular weight is 256 g/mol. The lowest BCUT2D eigenvalue weighted by molar-refractivity contribution is 0.685. The average Bonchev–Trinajstić information content (AvgIpc) is 2.23. The fourth-order valence-corrected chi connectivity index (χ4v) is 1.88. The Labute approximate surface area is 105 Å². The van der Waals surface area contributed by atoms with Crippen LogP contribution in [0.15, 0.2) is 6.07 Å². The molecule has 0 radical (unpaired) electrons. The van der Waals surface area contributed by atoms with Gasteiger partial charge in [-0.15, -0.1) is 0 Å². The number of nitrogens with two attached hydrogens (primary N) is 1. The second kappa shape index (κ2) is 6.54. The minimum Gasteiger partial charge on any atom is -0.384 e. The summed E-state index contributed by atoms with van der Waals surface area (Å²) in [6.45, 7) is 4.80. The number of hydrogen-bond acceptors (Lipinski definition) is 5. The first-order chi connectivity index (χ1) is 7.99. The summed E-state index contributed by atoms with van der Waals surface area (Å²) in [5.74, 6) is 2.91. The molecule has 1 unspecified atom stereocenters. The third kappa shape index (κ3) is 5.12. The van der Waals surface area contributed by atoms with Crippen LogP contribution in [0, 0.1) is 0 Å². The van der Waals surface area contributed by atoms with Crippen LogP contribution in [0.5, 0.6) is 0 Å². The van der Waals surface area contributed by atoms with Crippen molar-refractivity contribution in [1.29, 1.82) is 0 Å². The van der Waals surface area contributed by atoms with Gasteiger partial charge in [0.15, 0.2) is 0 Å². The SMILES string of the molecule is CC(C)c1nc(N)cc(NCCCS(C)=O)n1. The third-order valence-corrected chi connectivity index (χ3v) is 3.06. The summed E-state index contributed by atoms with van der Waals surface area (Å²) in [4.78, 5) is 8.54. The number of hydrogen-bond donors (Lipinski definition) is 2. The van der Waals surface area contributed by atoms with Crippen LogP contribution in [0.25, 0.3) is 0 Å². The third-order valence-electron chi connectivity index (χ3n) is 2.19. The molecule has 1 heterocycles. The molecular weight excluding hydrogens is 236 g/mol. The van der Waals surface area contributed by atoms with Crippen molar-refractivity contribution in [3.05, 3.63) is 11.9 Å². The van der Waals surface area contributed by atoms with Gasteiger partial charge in [-0.3, -0.25) is 4.21 Å². The zero-order valence-electron chi connectivity index (χ0n) is 10.6. The molecule has 0 aromatic carbocycles. The minimum atomic E-state index is -0.737. The zero-order chi connectivity index (χ0) is 12.8. The van der Waals surface area contributed by atoms with Crippen molar-refractivity contribution >= 4 is 22.4 Å². The first-order valence-electron chi connectivity index (χ1n) is 5.67. The second-order valence-electron chi connectivity index (χ2n) is 4.25. The predicted molar refractivity (Wildman–Crippen MR) is 72.6 cm³/mol. The van der Waals surface area contributed by atoms with E-state index in [4.69, 9.17) is 5.73 Å². The highest BCUT2D eigenvalue weighted by molar-refractivity contribution is 7.84. The normalized spacial score (nSPS) is 12.7. The van der Waals surface area contributed by atoms with Crippen LogP contribution in [0.1, 0.15) is 32.0 Å². The highest BCUT2D eigenvalue weighted by atomic mass is 32.2. The number of nitrogen functional groups attached to an aromatic ring is 1. The predicted octanol–water partition coefficient (Wildman–Crippen LogP) is 1.36. The van der Waals surface area contributed by atoms with Gasteiger partial charge in [-0.1, -0.05) is 13.8 Å². The van der Waals surface area contributed by atoms with Crippen LogP contribution >= 0.6 is 0 Å². The Balaban J connectivity index is 2.55. The smallest absolute Gasteiger partial charge is 0.135 e. The maximum atomic E-state index is 10.9. The molecule has 0 saturated heterocycles. The van der Waals surface area contributed by atoms with E-state index in [2.05, 4.69) is 15.3 Å². The van der Waals surface area contributed by atoms with Crippen molar-refractivity contribution in [3.63, 3.8) is 0 Å². The van der Waals surface area contributed by atoms with Gasteiger partial charge in [-0.2, -0.15) is 0 Å². The molecular formula is C11H20N4OS. The summed E-state index contributed by atoms with van der Waals surface area (Å²) >= 11 is 0. The van der Waals surface area contributed by atoms with Gasteiger partial charge in [0.1, 0.15) is 17.5 Å². The van der Waals surface area contributed by atoms with Crippen LogP contribution in [0.2, 0.25) is 0 Å². The number of nitrogens with one attached hydrogen (secondary N) is 1. The highest BCUT2D eigenvalue weighted by Gasteiger charge is 2.06. The van der Waals surface area contributed by atoms with Gasteiger partial charge in [0.25, 0.3) is 0 Å².